The molecule has 1 amide bonds. The van der Waals surface area contributed by atoms with Crippen LogP contribution >= 0.6 is 11.3 Å². The maximum Gasteiger partial charge on any atom is 0.268 e. The molecule has 1 aliphatic heterocycles. The van der Waals surface area contributed by atoms with Crippen molar-refractivity contribution in [1.29, 1.82) is 0 Å². The molecule has 0 bridgehead atoms. The van der Waals surface area contributed by atoms with Crippen LogP contribution in [0.2, 0.25) is 0 Å². The van der Waals surface area contributed by atoms with E-state index in [1.54, 1.807) is 4.40 Å². The average molecular weight is 581 g/mol. The van der Waals surface area contributed by atoms with Crippen molar-refractivity contribution in [2.24, 2.45) is 0 Å². The molecule has 8 nitrogen and oxygen atoms in total. The minimum Gasteiger partial charge on any atom is -0.353 e. The predicted octanol–water partition coefficient (Wildman–Crippen LogP) is 5.17. The number of thiazole rings is 1. The molecule has 216 valence electrons. The molecule has 9 heteroatoms. The number of hydrogen-bond acceptors (Lipinski definition) is 6. The third-order valence-electron chi connectivity index (χ3n) is 8.31. The number of rotatable bonds is 7. The van der Waals surface area contributed by atoms with E-state index in [0.717, 1.165) is 49.4 Å². The standard InChI is InChI=1S/C33H36N6O2S/c1-21-9-8-12-29(23(21)3)39-22(2)17-28(36-39)31-24(4)34-33-38(32(31)41)27(20-42-33)18-30(40)35-26-13-15-37(16-14-26)19-25-10-6-5-7-11-25/h5-12,17,20,26H,13-16,18-19H2,1-4H3,(H,35,40). The number of nitrogens with one attached hydrogen (secondary N) is 1. The molecule has 1 N–H and O–H groups in total. The Morgan fingerprint density at radius 2 is 1.79 bits per heavy atom. The number of amides is 1. The lowest BCUT2D eigenvalue weighted by Gasteiger charge is -2.32. The van der Waals surface area contributed by atoms with E-state index in [-0.39, 0.29) is 23.9 Å². The highest BCUT2D eigenvalue weighted by Gasteiger charge is 2.23. The number of benzene rings is 2. The molecular weight excluding hydrogens is 544 g/mol. The minimum atomic E-state index is -0.193. The van der Waals surface area contributed by atoms with Crippen molar-refractivity contribution in [1.82, 2.24) is 29.4 Å². The molecule has 1 aliphatic rings. The fourth-order valence-corrected chi connectivity index (χ4v) is 6.78. The predicted molar refractivity (Wildman–Crippen MR) is 167 cm³/mol. The fraction of sp³-hybridized carbons (Fsp3) is 0.333. The lowest BCUT2D eigenvalue weighted by Crippen LogP contribution is -2.44. The maximum absolute atomic E-state index is 13.9. The van der Waals surface area contributed by atoms with Crippen LogP contribution in [0.5, 0.6) is 0 Å². The van der Waals surface area contributed by atoms with E-state index in [1.165, 1.54) is 22.5 Å². The topological polar surface area (TPSA) is 84.5 Å². The van der Waals surface area contributed by atoms with E-state index in [1.807, 2.05) is 48.2 Å². The first-order valence-corrected chi connectivity index (χ1v) is 15.4. The molecule has 42 heavy (non-hydrogen) atoms. The van der Waals surface area contributed by atoms with Gasteiger partial charge in [-0.05, 0) is 69.4 Å². The Kier molecular flexibility index (Phi) is 7.79. The van der Waals surface area contributed by atoms with Crippen LogP contribution < -0.4 is 10.9 Å². The van der Waals surface area contributed by atoms with Gasteiger partial charge in [0.1, 0.15) is 5.69 Å². The summed E-state index contributed by atoms with van der Waals surface area (Å²) in [4.78, 5) is 34.8. The van der Waals surface area contributed by atoms with E-state index >= 15 is 0 Å². The molecule has 3 aromatic heterocycles. The first-order valence-electron chi connectivity index (χ1n) is 14.5. The van der Waals surface area contributed by atoms with Gasteiger partial charge in [-0.2, -0.15) is 5.10 Å². The molecule has 6 rings (SSSR count). The first-order chi connectivity index (χ1) is 20.3. The summed E-state index contributed by atoms with van der Waals surface area (Å²) in [6.45, 7) is 10.8. The van der Waals surface area contributed by atoms with Gasteiger partial charge in [0.2, 0.25) is 5.91 Å². The number of hydrogen-bond donors (Lipinski definition) is 1. The highest BCUT2D eigenvalue weighted by atomic mass is 32.1. The van der Waals surface area contributed by atoms with E-state index < -0.39 is 0 Å². The summed E-state index contributed by atoms with van der Waals surface area (Å²) in [7, 11) is 0. The zero-order valence-electron chi connectivity index (χ0n) is 24.6. The first kappa shape index (κ1) is 28.1. The lowest BCUT2D eigenvalue weighted by atomic mass is 10.0. The second kappa shape index (κ2) is 11.7. The van der Waals surface area contributed by atoms with E-state index in [2.05, 4.69) is 54.4 Å². The third-order valence-corrected chi connectivity index (χ3v) is 9.19. The second-order valence-corrected chi connectivity index (χ2v) is 12.1. The number of carbonyl (C=O) groups is 1. The van der Waals surface area contributed by atoms with Crippen LogP contribution in [0.25, 0.3) is 21.9 Å². The number of nitrogens with zero attached hydrogens (tertiary/aromatic N) is 5. The Morgan fingerprint density at radius 1 is 1.02 bits per heavy atom. The van der Waals surface area contributed by atoms with Gasteiger partial charge < -0.3 is 5.32 Å². The van der Waals surface area contributed by atoms with Crippen LogP contribution in [0.15, 0.2) is 64.8 Å². The average Bonchev–Trinajstić information content (AvgIpc) is 3.54. The Hall–Kier alpha value is -4.08. The number of piperidine rings is 1. The van der Waals surface area contributed by atoms with Crippen LogP contribution in [0.4, 0.5) is 0 Å². The Bertz CT molecular complexity index is 1810. The molecule has 1 fully saturated rings. The zero-order chi connectivity index (χ0) is 29.4. The van der Waals surface area contributed by atoms with Crippen LogP contribution in [-0.4, -0.2) is 49.1 Å². The monoisotopic (exact) mass is 580 g/mol. The van der Waals surface area contributed by atoms with Gasteiger partial charge in [-0.15, -0.1) is 11.3 Å². The summed E-state index contributed by atoms with van der Waals surface area (Å²) in [6, 6.07) is 18.7. The van der Waals surface area contributed by atoms with Crippen molar-refractivity contribution in [3.63, 3.8) is 0 Å². The quantitative estimate of drug-likeness (QED) is 0.287. The molecule has 4 heterocycles. The Labute approximate surface area is 249 Å². The van der Waals surface area contributed by atoms with Gasteiger partial charge >= 0.3 is 0 Å². The fourth-order valence-electron chi connectivity index (χ4n) is 5.85. The van der Waals surface area contributed by atoms with Gasteiger partial charge in [0.15, 0.2) is 4.96 Å². The van der Waals surface area contributed by atoms with Crippen molar-refractivity contribution in [3.8, 4) is 16.9 Å². The zero-order valence-corrected chi connectivity index (χ0v) is 25.4. The summed E-state index contributed by atoms with van der Waals surface area (Å²) in [5.41, 5.74) is 7.70. The molecule has 2 aromatic carbocycles. The van der Waals surface area contributed by atoms with Gasteiger partial charge in [0, 0.05) is 42.4 Å². The Morgan fingerprint density at radius 3 is 2.55 bits per heavy atom. The van der Waals surface area contributed by atoms with Crippen LogP contribution in [0, 0.1) is 27.7 Å². The lowest BCUT2D eigenvalue weighted by molar-refractivity contribution is -0.121. The van der Waals surface area contributed by atoms with E-state index in [0.29, 0.717) is 27.6 Å². The van der Waals surface area contributed by atoms with Crippen molar-refractivity contribution in [2.75, 3.05) is 13.1 Å². The maximum atomic E-state index is 13.9. The van der Waals surface area contributed by atoms with E-state index in [4.69, 9.17) is 10.1 Å². The normalized spacial score (nSPS) is 14.5. The summed E-state index contributed by atoms with van der Waals surface area (Å²) in [6.07, 6.45) is 1.96. The third kappa shape index (κ3) is 5.54. The molecule has 5 aromatic rings. The summed E-state index contributed by atoms with van der Waals surface area (Å²) < 4.78 is 3.47. The molecule has 0 radical (unpaired) electrons. The highest BCUT2D eigenvalue weighted by Crippen LogP contribution is 2.25. The largest absolute Gasteiger partial charge is 0.353 e. The Balaban J connectivity index is 1.19. The molecule has 0 saturated carbocycles. The van der Waals surface area contributed by atoms with Gasteiger partial charge in [-0.3, -0.25) is 18.9 Å². The van der Waals surface area contributed by atoms with Crippen molar-refractivity contribution >= 4 is 22.2 Å². The molecule has 0 unspecified atom stereocenters. The number of likely N-dealkylation sites (tertiary alicyclic amines) is 1. The number of aromatic nitrogens is 4. The summed E-state index contributed by atoms with van der Waals surface area (Å²) in [5, 5.41) is 9.93. The molecule has 0 aliphatic carbocycles. The molecule has 0 atom stereocenters. The molecule has 0 spiro atoms. The van der Waals surface area contributed by atoms with Gasteiger partial charge in [0.05, 0.1) is 23.4 Å². The highest BCUT2D eigenvalue weighted by molar-refractivity contribution is 7.15. The minimum absolute atomic E-state index is 0.0692. The van der Waals surface area contributed by atoms with Gasteiger partial charge in [-0.1, -0.05) is 42.5 Å². The van der Waals surface area contributed by atoms with E-state index in [9.17, 15) is 9.59 Å². The van der Waals surface area contributed by atoms with Crippen molar-refractivity contribution < 1.29 is 4.79 Å². The molecular formula is C33H36N6O2S. The second-order valence-electron chi connectivity index (χ2n) is 11.3. The number of aryl methyl sites for hydroxylation is 3. The molecule has 1 saturated heterocycles. The smallest absolute Gasteiger partial charge is 0.268 e. The van der Waals surface area contributed by atoms with Crippen LogP contribution in [0.1, 0.15) is 46.6 Å². The number of fused-ring (bicyclic) bond motifs is 1. The van der Waals surface area contributed by atoms with Crippen molar-refractivity contribution in [3.05, 3.63) is 104 Å². The summed E-state index contributed by atoms with van der Waals surface area (Å²) >= 11 is 1.38. The SMILES string of the molecule is Cc1cccc(-n2nc(-c3c(C)nc4scc(CC(=O)NC5CCN(Cc6ccccc6)CC5)n4c3=O)cc2C)c1C. The summed E-state index contributed by atoms with van der Waals surface area (Å²) in [5.74, 6) is -0.0692. The van der Waals surface area contributed by atoms with Crippen LogP contribution in [-0.2, 0) is 17.8 Å². The van der Waals surface area contributed by atoms with Gasteiger partial charge in [0.25, 0.3) is 5.56 Å². The van der Waals surface area contributed by atoms with Gasteiger partial charge in [-0.25, -0.2) is 9.67 Å². The van der Waals surface area contributed by atoms with Crippen molar-refractivity contribution in [2.45, 2.75) is 59.5 Å². The number of carbonyl (C=O) groups excluding carboxylic acids is 1. The van der Waals surface area contributed by atoms with Crippen LogP contribution in [0.3, 0.4) is 0 Å².